The van der Waals surface area contributed by atoms with Gasteiger partial charge in [-0.3, -0.25) is 0 Å². The van der Waals surface area contributed by atoms with Gasteiger partial charge in [0, 0.05) is 25.8 Å². The van der Waals surface area contributed by atoms with Gasteiger partial charge >= 0.3 is 0 Å². The maximum Gasteiger partial charge on any atom is 0.260 e. The van der Waals surface area contributed by atoms with Crippen LogP contribution in [-0.4, -0.2) is 51.5 Å². The summed E-state index contributed by atoms with van der Waals surface area (Å²) in [6.07, 6.45) is 3.24. The summed E-state index contributed by atoms with van der Waals surface area (Å²) in [5.41, 5.74) is 0.504. The molecule has 0 fully saturated rings. The normalized spacial score (nSPS) is 12.1. The van der Waals surface area contributed by atoms with Crippen molar-refractivity contribution in [2.45, 2.75) is 37.8 Å². The van der Waals surface area contributed by atoms with Gasteiger partial charge in [-0.15, -0.1) is 0 Å². The van der Waals surface area contributed by atoms with Crippen LogP contribution in [0, 0.1) is 0 Å². The Balaban J connectivity index is 2.47. The maximum atomic E-state index is 12.2. The quantitative estimate of drug-likeness (QED) is 0.676. The minimum Gasteiger partial charge on any atom is -0.386 e. The SMILES string of the molecule is CNc1cccnc1S(=O)(=O)NCCCCN(C)C(C)C. The molecule has 0 unspecified atom stereocenters. The van der Waals surface area contributed by atoms with Crippen molar-refractivity contribution in [2.24, 2.45) is 0 Å². The van der Waals surface area contributed by atoms with Crippen molar-refractivity contribution >= 4 is 15.7 Å². The Morgan fingerprint density at radius 2 is 2.05 bits per heavy atom. The summed E-state index contributed by atoms with van der Waals surface area (Å²) in [4.78, 5) is 6.19. The third-order valence-electron chi connectivity index (χ3n) is 3.41. The lowest BCUT2D eigenvalue weighted by atomic mass is 10.2. The summed E-state index contributed by atoms with van der Waals surface area (Å²) < 4.78 is 27.0. The standard InChI is InChI=1S/C14H26N4O2S/c1-12(2)18(4)11-6-5-10-17-21(19,20)14-13(15-3)8-7-9-16-14/h7-9,12,15,17H,5-6,10-11H2,1-4H3. The Kier molecular flexibility index (Phi) is 7.07. The lowest BCUT2D eigenvalue weighted by molar-refractivity contribution is 0.268. The molecule has 120 valence electrons. The van der Waals surface area contributed by atoms with Crippen LogP contribution in [0.4, 0.5) is 5.69 Å². The first-order chi connectivity index (χ1) is 9.88. The Morgan fingerprint density at radius 3 is 2.67 bits per heavy atom. The molecule has 0 aromatic carbocycles. The van der Waals surface area contributed by atoms with E-state index in [0.717, 1.165) is 19.4 Å². The predicted molar refractivity (Wildman–Crippen MR) is 86.0 cm³/mol. The monoisotopic (exact) mass is 314 g/mol. The molecule has 0 radical (unpaired) electrons. The van der Waals surface area contributed by atoms with Crippen LogP contribution in [0.25, 0.3) is 0 Å². The van der Waals surface area contributed by atoms with Gasteiger partial charge < -0.3 is 10.2 Å². The van der Waals surface area contributed by atoms with Crippen molar-refractivity contribution < 1.29 is 8.42 Å². The molecular formula is C14H26N4O2S. The molecule has 6 nitrogen and oxygen atoms in total. The minimum atomic E-state index is -3.56. The number of unbranched alkanes of at least 4 members (excludes halogenated alkanes) is 1. The molecule has 0 aliphatic carbocycles. The highest BCUT2D eigenvalue weighted by atomic mass is 32.2. The van der Waals surface area contributed by atoms with Gasteiger partial charge in [-0.1, -0.05) is 0 Å². The first kappa shape index (κ1) is 17.9. The fourth-order valence-electron chi connectivity index (χ4n) is 1.81. The molecule has 1 heterocycles. The van der Waals surface area contributed by atoms with Crippen LogP contribution in [-0.2, 0) is 10.0 Å². The molecule has 1 aromatic heterocycles. The number of pyridine rings is 1. The Bertz CT molecular complexity index is 532. The Hall–Kier alpha value is -1.18. The van der Waals surface area contributed by atoms with Gasteiger partial charge in [0.15, 0.2) is 5.03 Å². The molecular weight excluding hydrogens is 288 g/mol. The maximum absolute atomic E-state index is 12.2. The van der Waals surface area contributed by atoms with Crippen molar-refractivity contribution in [2.75, 3.05) is 32.5 Å². The molecule has 0 saturated heterocycles. The van der Waals surface area contributed by atoms with E-state index in [9.17, 15) is 8.42 Å². The van der Waals surface area contributed by atoms with Crippen LogP contribution < -0.4 is 10.0 Å². The summed E-state index contributed by atoms with van der Waals surface area (Å²) in [6, 6.07) is 3.90. The number of nitrogens with zero attached hydrogens (tertiary/aromatic N) is 2. The van der Waals surface area contributed by atoms with Crippen molar-refractivity contribution in [3.05, 3.63) is 18.3 Å². The summed E-state index contributed by atoms with van der Waals surface area (Å²) in [6.45, 7) is 5.67. The molecule has 7 heteroatoms. The van der Waals surface area contributed by atoms with Crippen LogP contribution in [0.1, 0.15) is 26.7 Å². The van der Waals surface area contributed by atoms with Crippen molar-refractivity contribution in [1.29, 1.82) is 0 Å². The summed E-state index contributed by atoms with van der Waals surface area (Å²) in [5.74, 6) is 0. The number of hydrogen-bond donors (Lipinski definition) is 2. The number of hydrogen-bond acceptors (Lipinski definition) is 5. The van der Waals surface area contributed by atoms with Gasteiger partial charge in [-0.2, -0.15) is 0 Å². The molecule has 21 heavy (non-hydrogen) atoms. The van der Waals surface area contributed by atoms with E-state index in [4.69, 9.17) is 0 Å². The lowest BCUT2D eigenvalue weighted by Crippen LogP contribution is -2.29. The van der Waals surface area contributed by atoms with E-state index in [1.165, 1.54) is 6.20 Å². The lowest BCUT2D eigenvalue weighted by Gasteiger charge is -2.20. The Morgan fingerprint density at radius 1 is 1.33 bits per heavy atom. The molecule has 2 N–H and O–H groups in total. The highest BCUT2D eigenvalue weighted by Gasteiger charge is 2.18. The van der Waals surface area contributed by atoms with E-state index in [2.05, 4.69) is 40.8 Å². The second kappa shape index (κ2) is 8.31. The van der Waals surface area contributed by atoms with Crippen LogP contribution in [0.3, 0.4) is 0 Å². The van der Waals surface area contributed by atoms with E-state index in [1.54, 1.807) is 19.2 Å². The predicted octanol–water partition coefficient (Wildman–Crippen LogP) is 1.52. The number of rotatable bonds is 9. The average Bonchev–Trinajstić information content (AvgIpc) is 2.46. The van der Waals surface area contributed by atoms with E-state index >= 15 is 0 Å². The number of nitrogens with one attached hydrogen (secondary N) is 2. The van der Waals surface area contributed by atoms with E-state index in [0.29, 0.717) is 18.3 Å². The second-order valence-electron chi connectivity index (χ2n) is 5.29. The van der Waals surface area contributed by atoms with Crippen molar-refractivity contribution in [1.82, 2.24) is 14.6 Å². The summed E-state index contributed by atoms with van der Waals surface area (Å²) in [7, 11) is 0.192. The average molecular weight is 314 g/mol. The van der Waals surface area contributed by atoms with Crippen LogP contribution in [0.15, 0.2) is 23.4 Å². The van der Waals surface area contributed by atoms with E-state index < -0.39 is 10.0 Å². The first-order valence-electron chi connectivity index (χ1n) is 7.21. The molecule has 0 atom stereocenters. The highest BCUT2D eigenvalue weighted by molar-refractivity contribution is 7.89. The summed E-state index contributed by atoms with van der Waals surface area (Å²) in [5, 5.41) is 2.89. The topological polar surface area (TPSA) is 74.3 Å². The van der Waals surface area contributed by atoms with Gasteiger partial charge in [-0.25, -0.2) is 18.1 Å². The number of aromatic nitrogens is 1. The molecule has 0 bridgehead atoms. The van der Waals surface area contributed by atoms with Crippen LogP contribution >= 0.6 is 0 Å². The fraction of sp³-hybridized carbons (Fsp3) is 0.643. The smallest absolute Gasteiger partial charge is 0.260 e. The zero-order chi connectivity index (χ0) is 15.9. The second-order valence-corrected chi connectivity index (χ2v) is 6.97. The van der Waals surface area contributed by atoms with Crippen molar-refractivity contribution in [3.63, 3.8) is 0 Å². The molecule has 0 saturated carbocycles. The van der Waals surface area contributed by atoms with E-state index in [1.807, 2.05) is 0 Å². The Labute approximate surface area is 128 Å². The molecule has 0 spiro atoms. The highest BCUT2D eigenvalue weighted by Crippen LogP contribution is 2.16. The number of anilines is 1. The number of sulfonamides is 1. The zero-order valence-corrected chi connectivity index (χ0v) is 14.1. The third-order valence-corrected chi connectivity index (χ3v) is 4.82. The van der Waals surface area contributed by atoms with Crippen LogP contribution in [0.2, 0.25) is 0 Å². The third kappa shape index (κ3) is 5.61. The van der Waals surface area contributed by atoms with E-state index in [-0.39, 0.29) is 5.03 Å². The molecule has 0 amide bonds. The fourth-order valence-corrected chi connectivity index (χ4v) is 3.02. The van der Waals surface area contributed by atoms with Gasteiger partial charge in [-0.05, 0) is 52.4 Å². The van der Waals surface area contributed by atoms with Gasteiger partial charge in [0.25, 0.3) is 10.0 Å². The van der Waals surface area contributed by atoms with Gasteiger partial charge in [0.2, 0.25) is 0 Å². The van der Waals surface area contributed by atoms with Gasteiger partial charge in [0.05, 0.1) is 5.69 Å². The molecule has 1 rings (SSSR count). The largest absolute Gasteiger partial charge is 0.386 e. The molecule has 0 aliphatic heterocycles. The van der Waals surface area contributed by atoms with Crippen LogP contribution in [0.5, 0.6) is 0 Å². The first-order valence-corrected chi connectivity index (χ1v) is 8.69. The summed E-state index contributed by atoms with van der Waals surface area (Å²) >= 11 is 0. The zero-order valence-electron chi connectivity index (χ0n) is 13.3. The minimum absolute atomic E-state index is 0.0480. The van der Waals surface area contributed by atoms with Gasteiger partial charge in [0.1, 0.15) is 0 Å². The molecule has 0 aliphatic rings. The van der Waals surface area contributed by atoms with Crippen molar-refractivity contribution in [3.8, 4) is 0 Å². The molecule has 1 aromatic rings.